The van der Waals surface area contributed by atoms with Crippen molar-refractivity contribution in [3.8, 4) is 22.5 Å². The van der Waals surface area contributed by atoms with Crippen molar-refractivity contribution in [3.63, 3.8) is 0 Å². The summed E-state index contributed by atoms with van der Waals surface area (Å²) in [4.78, 5) is 22.9. The Bertz CT molecular complexity index is 1400. The number of aromatic nitrogens is 7. The number of rotatable bonds is 5. The summed E-state index contributed by atoms with van der Waals surface area (Å²) in [5.41, 5.74) is 5.67. The van der Waals surface area contributed by atoms with E-state index < -0.39 is 0 Å². The number of piperazine rings is 1. The Hall–Kier alpha value is -4.31. The molecule has 170 valence electrons. The first kappa shape index (κ1) is 20.3. The standard InChI is InChI=1S/C24H24N10/c1-32-8-10-33(11-9-32)19-3-4-22(26-14-19)31-24-25-7-6-20(30-24)21-15-27-23-5-2-17(16-34(21)23)18-12-28-29-13-18/h2-7,12-16H,8-11H2,1H3,(H,28,29)(H,25,26,30,31). The lowest BCUT2D eigenvalue weighted by atomic mass is 10.2. The Kier molecular flexibility index (Phi) is 5.11. The second kappa shape index (κ2) is 8.56. The highest BCUT2D eigenvalue weighted by Crippen LogP contribution is 2.25. The van der Waals surface area contributed by atoms with Gasteiger partial charge in [0.2, 0.25) is 5.95 Å². The number of nitrogens with zero attached hydrogens (tertiary/aromatic N) is 8. The molecule has 0 aromatic carbocycles. The maximum atomic E-state index is 4.72. The molecule has 0 amide bonds. The van der Waals surface area contributed by atoms with Gasteiger partial charge in [0.05, 0.1) is 35.7 Å². The van der Waals surface area contributed by atoms with Crippen LogP contribution in [0.25, 0.3) is 28.2 Å². The molecule has 0 unspecified atom stereocenters. The molecule has 5 aromatic heterocycles. The molecule has 0 aliphatic carbocycles. The summed E-state index contributed by atoms with van der Waals surface area (Å²) in [5, 5.41) is 10.1. The fourth-order valence-electron chi connectivity index (χ4n) is 4.14. The Morgan fingerprint density at radius 1 is 0.882 bits per heavy atom. The predicted octanol–water partition coefficient (Wildman–Crippen LogP) is 3.07. The number of imidazole rings is 1. The third-order valence-electron chi connectivity index (χ3n) is 6.11. The fourth-order valence-corrected chi connectivity index (χ4v) is 4.14. The van der Waals surface area contributed by atoms with E-state index in [0.29, 0.717) is 11.8 Å². The fraction of sp³-hybridized carbons (Fsp3) is 0.208. The van der Waals surface area contributed by atoms with Gasteiger partial charge in [0.25, 0.3) is 0 Å². The van der Waals surface area contributed by atoms with Crippen LogP contribution in [0.5, 0.6) is 0 Å². The van der Waals surface area contributed by atoms with Crippen LogP contribution in [0.1, 0.15) is 0 Å². The van der Waals surface area contributed by atoms with E-state index in [4.69, 9.17) is 4.98 Å². The van der Waals surface area contributed by atoms with Crippen LogP contribution < -0.4 is 10.2 Å². The van der Waals surface area contributed by atoms with Crippen molar-refractivity contribution >= 4 is 23.1 Å². The van der Waals surface area contributed by atoms with Gasteiger partial charge in [-0.2, -0.15) is 5.10 Å². The molecule has 1 aliphatic heterocycles. The summed E-state index contributed by atoms with van der Waals surface area (Å²) in [5.74, 6) is 1.19. The summed E-state index contributed by atoms with van der Waals surface area (Å²) >= 11 is 0. The Balaban J connectivity index is 1.24. The average Bonchev–Trinajstić information content (AvgIpc) is 3.55. The lowest BCUT2D eigenvalue weighted by Gasteiger charge is -2.33. The highest BCUT2D eigenvalue weighted by Gasteiger charge is 2.15. The first-order chi connectivity index (χ1) is 16.7. The van der Waals surface area contributed by atoms with Gasteiger partial charge >= 0.3 is 0 Å². The van der Waals surface area contributed by atoms with Crippen LogP contribution in [-0.2, 0) is 0 Å². The molecule has 0 saturated carbocycles. The molecule has 6 heterocycles. The first-order valence-electron chi connectivity index (χ1n) is 11.2. The van der Waals surface area contributed by atoms with Crippen LogP contribution in [0.3, 0.4) is 0 Å². The summed E-state index contributed by atoms with van der Waals surface area (Å²) in [6.07, 6.45) is 11.2. The van der Waals surface area contributed by atoms with E-state index in [1.807, 2.05) is 53.5 Å². The molecule has 2 N–H and O–H groups in total. The van der Waals surface area contributed by atoms with Crippen molar-refractivity contribution in [2.45, 2.75) is 0 Å². The van der Waals surface area contributed by atoms with E-state index >= 15 is 0 Å². The third-order valence-corrected chi connectivity index (χ3v) is 6.11. The molecule has 34 heavy (non-hydrogen) atoms. The lowest BCUT2D eigenvalue weighted by molar-refractivity contribution is 0.313. The molecule has 0 radical (unpaired) electrons. The van der Waals surface area contributed by atoms with Crippen LogP contribution in [0, 0.1) is 0 Å². The number of fused-ring (bicyclic) bond motifs is 1. The quantitative estimate of drug-likeness (QED) is 0.419. The second-order valence-corrected chi connectivity index (χ2v) is 8.36. The number of anilines is 3. The Labute approximate surface area is 196 Å². The number of hydrogen-bond acceptors (Lipinski definition) is 8. The van der Waals surface area contributed by atoms with Crippen LogP contribution in [0.15, 0.2) is 67.5 Å². The zero-order valence-corrected chi connectivity index (χ0v) is 18.8. The van der Waals surface area contributed by atoms with Gasteiger partial charge in [0.1, 0.15) is 11.5 Å². The lowest BCUT2D eigenvalue weighted by Crippen LogP contribution is -2.44. The van der Waals surface area contributed by atoms with Crippen molar-refractivity contribution < 1.29 is 0 Å². The molecule has 1 fully saturated rings. The number of likely N-dealkylation sites (N-methyl/N-ethyl adjacent to an activating group) is 1. The Morgan fingerprint density at radius 3 is 2.59 bits per heavy atom. The van der Waals surface area contributed by atoms with Crippen molar-refractivity contribution in [2.24, 2.45) is 0 Å². The molecule has 0 atom stereocenters. The van der Waals surface area contributed by atoms with Gasteiger partial charge in [0, 0.05) is 55.9 Å². The van der Waals surface area contributed by atoms with Gasteiger partial charge in [0.15, 0.2) is 0 Å². The number of hydrogen-bond donors (Lipinski definition) is 2. The van der Waals surface area contributed by atoms with Gasteiger partial charge in [-0.25, -0.2) is 19.9 Å². The van der Waals surface area contributed by atoms with E-state index in [2.05, 4.69) is 53.4 Å². The van der Waals surface area contributed by atoms with Gasteiger partial charge in [-0.15, -0.1) is 0 Å². The minimum atomic E-state index is 0.485. The van der Waals surface area contributed by atoms with Crippen molar-refractivity contribution in [1.29, 1.82) is 0 Å². The van der Waals surface area contributed by atoms with Gasteiger partial charge in [-0.3, -0.25) is 9.50 Å². The van der Waals surface area contributed by atoms with Crippen LogP contribution in [0.4, 0.5) is 17.5 Å². The minimum absolute atomic E-state index is 0.485. The van der Waals surface area contributed by atoms with Crippen LogP contribution >= 0.6 is 0 Å². The maximum absolute atomic E-state index is 4.72. The number of pyridine rings is 2. The highest BCUT2D eigenvalue weighted by atomic mass is 15.3. The van der Waals surface area contributed by atoms with Crippen molar-refractivity contribution in [2.75, 3.05) is 43.4 Å². The van der Waals surface area contributed by atoms with E-state index in [0.717, 1.165) is 60.0 Å². The monoisotopic (exact) mass is 452 g/mol. The first-order valence-corrected chi connectivity index (χ1v) is 11.2. The predicted molar refractivity (Wildman–Crippen MR) is 131 cm³/mol. The smallest absolute Gasteiger partial charge is 0.228 e. The summed E-state index contributed by atoms with van der Waals surface area (Å²) in [6.45, 7) is 4.15. The van der Waals surface area contributed by atoms with E-state index in [1.54, 1.807) is 12.4 Å². The molecule has 0 spiro atoms. The van der Waals surface area contributed by atoms with E-state index in [9.17, 15) is 0 Å². The number of nitrogens with one attached hydrogen (secondary N) is 2. The van der Waals surface area contributed by atoms with Crippen LogP contribution in [-0.4, -0.2) is 72.7 Å². The maximum Gasteiger partial charge on any atom is 0.228 e. The topological polar surface area (TPSA) is 103 Å². The summed E-state index contributed by atoms with van der Waals surface area (Å²) < 4.78 is 2.03. The second-order valence-electron chi connectivity index (χ2n) is 8.36. The van der Waals surface area contributed by atoms with E-state index in [1.165, 1.54) is 0 Å². The summed E-state index contributed by atoms with van der Waals surface area (Å²) in [7, 11) is 2.15. The molecule has 0 bridgehead atoms. The number of H-pyrrole nitrogens is 1. The SMILES string of the molecule is CN1CCN(c2ccc(Nc3nccc(-c4cnc5ccc(-c6cn[nH]c6)cn45)n3)nc2)CC1. The summed E-state index contributed by atoms with van der Waals surface area (Å²) in [6, 6.07) is 9.95. The molecule has 6 rings (SSSR count). The Morgan fingerprint density at radius 2 is 1.79 bits per heavy atom. The molecule has 1 saturated heterocycles. The van der Waals surface area contributed by atoms with Crippen molar-refractivity contribution in [1.82, 2.24) is 39.4 Å². The zero-order valence-electron chi connectivity index (χ0n) is 18.8. The van der Waals surface area contributed by atoms with Gasteiger partial charge in [-0.1, -0.05) is 0 Å². The largest absolute Gasteiger partial charge is 0.368 e. The van der Waals surface area contributed by atoms with Crippen LogP contribution in [0.2, 0.25) is 0 Å². The van der Waals surface area contributed by atoms with E-state index in [-0.39, 0.29) is 0 Å². The molecule has 10 heteroatoms. The van der Waals surface area contributed by atoms with Gasteiger partial charge in [-0.05, 0) is 37.4 Å². The molecular formula is C24H24N10. The normalized spacial score (nSPS) is 14.6. The number of aromatic amines is 1. The van der Waals surface area contributed by atoms with Gasteiger partial charge < -0.3 is 15.1 Å². The molecule has 5 aromatic rings. The average molecular weight is 453 g/mol. The minimum Gasteiger partial charge on any atom is -0.368 e. The molecule has 10 nitrogen and oxygen atoms in total. The third kappa shape index (κ3) is 3.95. The van der Waals surface area contributed by atoms with Crippen molar-refractivity contribution in [3.05, 3.63) is 67.5 Å². The highest BCUT2D eigenvalue weighted by molar-refractivity contribution is 5.67. The molecule has 1 aliphatic rings. The zero-order chi connectivity index (χ0) is 22.9. The molecular weight excluding hydrogens is 428 g/mol.